The topological polar surface area (TPSA) is 115 Å². The Hall–Kier alpha value is -4.42. The number of nitrogens with zero attached hydrogens (tertiary/aromatic N) is 4. The summed E-state index contributed by atoms with van der Waals surface area (Å²) in [5.74, 6) is -1.40. The Morgan fingerprint density at radius 1 is 1.17 bits per heavy atom. The van der Waals surface area contributed by atoms with E-state index in [2.05, 4.69) is 20.9 Å². The number of anilines is 1. The first-order chi connectivity index (χ1) is 19.7. The van der Waals surface area contributed by atoms with Gasteiger partial charge in [0.05, 0.1) is 11.8 Å². The Morgan fingerprint density at radius 2 is 1.95 bits per heavy atom. The monoisotopic (exact) mass is 563 g/mol. The summed E-state index contributed by atoms with van der Waals surface area (Å²) in [6.45, 7) is 3.00. The molecule has 41 heavy (non-hydrogen) atoms. The zero-order valence-electron chi connectivity index (χ0n) is 22.9. The molecule has 3 atom stereocenters. The Bertz CT molecular complexity index is 1610. The predicted molar refractivity (Wildman–Crippen MR) is 150 cm³/mol. The second-order valence-corrected chi connectivity index (χ2v) is 10.1. The molecule has 3 N–H and O–H groups in total. The lowest BCUT2D eigenvalue weighted by atomic mass is 9.93. The average molecular weight is 564 g/mol. The molecule has 1 unspecified atom stereocenters. The van der Waals surface area contributed by atoms with Crippen molar-refractivity contribution in [2.24, 2.45) is 13.0 Å². The van der Waals surface area contributed by atoms with E-state index in [1.807, 2.05) is 37.3 Å². The predicted octanol–water partition coefficient (Wildman–Crippen LogP) is 3.71. The molecule has 0 bridgehead atoms. The van der Waals surface area contributed by atoms with E-state index in [-0.39, 0.29) is 17.6 Å². The van der Waals surface area contributed by atoms with E-state index in [0.29, 0.717) is 47.7 Å². The average Bonchev–Trinajstić information content (AvgIpc) is 3.54. The van der Waals surface area contributed by atoms with Gasteiger partial charge in [-0.3, -0.25) is 5.32 Å². The zero-order valence-corrected chi connectivity index (χ0v) is 22.9. The van der Waals surface area contributed by atoms with Gasteiger partial charge in [-0.2, -0.15) is 5.10 Å². The van der Waals surface area contributed by atoms with Crippen molar-refractivity contribution in [3.05, 3.63) is 94.2 Å². The highest BCUT2D eigenvalue weighted by Gasteiger charge is 2.32. The van der Waals surface area contributed by atoms with Gasteiger partial charge in [0.1, 0.15) is 11.5 Å². The third kappa shape index (κ3) is 6.03. The number of carbonyl (C=O) groups is 1. The van der Waals surface area contributed by atoms with Crippen LogP contribution in [0.15, 0.2) is 65.7 Å². The third-order valence-electron chi connectivity index (χ3n) is 7.35. The molecule has 0 spiro atoms. The molecule has 1 aliphatic heterocycles. The summed E-state index contributed by atoms with van der Waals surface area (Å²) in [7, 11) is 3.14. The van der Waals surface area contributed by atoms with Gasteiger partial charge in [0.15, 0.2) is 11.6 Å². The van der Waals surface area contributed by atoms with Crippen molar-refractivity contribution in [2.45, 2.75) is 25.5 Å². The van der Waals surface area contributed by atoms with E-state index < -0.39 is 23.8 Å². The number of methoxy groups -OCH3 is 1. The molecular formula is C29H31F2N7O3. The van der Waals surface area contributed by atoms with Gasteiger partial charge in [0, 0.05) is 56.8 Å². The molecule has 5 rings (SSSR count). The summed E-state index contributed by atoms with van der Waals surface area (Å²) >= 11 is 0. The number of rotatable bonds is 8. The number of urea groups is 1. The number of amides is 2. The van der Waals surface area contributed by atoms with Crippen LogP contribution < -0.4 is 21.6 Å². The molecule has 4 aromatic rings. The van der Waals surface area contributed by atoms with Crippen molar-refractivity contribution in [1.29, 1.82) is 0 Å². The van der Waals surface area contributed by atoms with Crippen molar-refractivity contribution in [1.82, 2.24) is 30.0 Å². The molecule has 1 saturated heterocycles. The number of aromatic nitrogens is 4. The summed E-state index contributed by atoms with van der Waals surface area (Å²) in [5.41, 5.74) is 2.79. The smallest absolute Gasteiger partial charge is 0.347 e. The summed E-state index contributed by atoms with van der Waals surface area (Å²) < 4.78 is 35.9. The zero-order chi connectivity index (χ0) is 29.1. The molecule has 0 radical (unpaired) electrons. The van der Waals surface area contributed by atoms with E-state index in [0.717, 1.165) is 17.8 Å². The summed E-state index contributed by atoms with van der Waals surface area (Å²) in [4.78, 5) is 29.1. The Balaban J connectivity index is 1.36. The van der Waals surface area contributed by atoms with E-state index in [9.17, 15) is 18.4 Å². The maximum Gasteiger partial charge on any atom is 0.347 e. The van der Waals surface area contributed by atoms with Crippen LogP contribution in [0.4, 0.5) is 19.4 Å². The highest BCUT2D eigenvalue weighted by atomic mass is 19.2. The highest BCUT2D eigenvalue weighted by Crippen LogP contribution is 2.31. The third-order valence-corrected chi connectivity index (χ3v) is 7.35. The SMILES string of the molecule is COC(C[C@@H]1CNC[C@H]1NC(=O)Nc1c(C)c(-c2cnc(=O)n(C)c2)nn1-c1ccccc1)c1ccc(F)c(F)c1. The van der Waals surface area contributed by atoms with Crippen LogP contribution in [0.2, 0.25) is 0 Å². The van der Waals surface area contributed by atoms with Gasteiger partial charge >= 0.3 is 11.7 Å². The lowest BCUT2D eigenvalue weighted by Crippen LogP contribution is -2.43. The molecule has 10 nitrogen and oxygen atoms in total. The molecule has 214 valence electrons. The fourth-order valence-corrected chi connectivity index (χ4v) is 5.13. The van der Waals surface area contributed by atoms with Gasteiger partial charge in [-0.1, -0.05) is 24.3 Å². The number of benzene rings is 2. The maximum absolute atomic E-state index is 13.8. The molecule has 2 aromatic carbocycles. The Morgan fingerprint density at radius 3 is 2.66 bits per heavy atom. The molecule has 12 heteroatoms. The largest absolute Gasteiger partial charge is 0.377 e. The van der Waals surface area contributed by atoms with Gasteiger partial charge < -0.3 is 19.9 Å². The number of nitrogens with one attached hydrogen (secondary N) is 3. The molecule has 0 saturated carbocycles. The van der Waals surface area contributed by atoms with Crippen LogP contribution in [0.1, 0.15) is 23.7 Å². The fourth-order valence-electron chi connectivity index (χ4n) is 5.13. The number of para-hydroxylation sites is 1. The summed E-state index contributed by atoms with van der Waals surface area (Å²) in [6, 6.07) is 12.5. The molecule has 0 aliphatic carbocycles. The normalized spacial score (nSPS) is 17.4. The van der Waals surface area contributed by atoms with E-state index in [4.69, 9.17) is 9.84 Å². The molecule has 2 aromatic heterocycles. The van der Waals surface area contributed by atoms with Crippen LogP contribution in [-0.4, -0.2) is 51.6 Å². The van der Waals surface area contributed by atoms with Crippen molar-refractivity contribution < 1.29 is 18.3 Å². The molecular weight excluding hydrogens is 532 g/mol. The number of hydrogen-bond donors (Lipinski definition) is 3. The van der Waals surface area contributed by atoms with Crippen molar-refractivity contribution in [3.8, 4) is 16.9 Å². The first-order valence-corrected chi connectivity index (χ1v) is 13.2. The van der Waals surface area contributed by atoms with Crippen LogP contribution in [0.5, 0.6) is 0 Å². The van der Waals surface area contributed by atoms with E-state index in [1.165, 1.54) is 23.9 Å². The first kappa shape index (κ1) is 28.1. The first-order valence-electron chi connectivity index (χ1n) is 13.2. The Labute approximate surface area is 235 Å². The number of carbonyl (C=O) groups excluding carboxylic acids is 1. The standard InChI is InChI=1S/C29H31F2N7O3/c1-17-26(20-14-33-29(40)37(2)16-20)36-38(21-7-5-4-6-8-21)27(17)35-28(39)34-24-15-32-13-19(24)12-25(41-3)18-9-10-22(30)23(31)11-18/h4-11,14,16,19,24-25,32H,12-13,15H2,1-3H3,(H2,34,35,39)/t19-,24-,25?/m1/s1. The Kier molecular flexibility index (Phi) is 8.22. The summed E-state index contributed by atoms with van der Waals surface area (Å²) in [5, 5.41) is 14.1. The van der Waals surface area contributed by atoms with Crippen LogP contribution in [0.3, 0.4) is 0 Å². The quantitative estimate of drug-likeness (QED) is 0.301. The van der Waals surface area contributed by atoms with Gasteiger partial charge in [-0.05, 0) is 49.1 Å². The minimum atomic E-state index is -0.929. The van der Waals surface area contributed by atoms with Gasteiger partial charge in [0.25, 0.3) is 0 Å². The number of aryl methyl sites for hydroxylation is 1. The number of ether oxygens (including phenoxy) is 1. The summed E-state index contributed by atoms with van der Waals surface area (Å²) in [6.07, 6.45) is 3.13. The number of halogens is 2. The van der Waals surface area contributed by atoms with Gasteiger partial charge in [-0.25, -0.2) is 28.0 Å². The van der Waals surface area contributed by atoms with Gasteiger partial charge in [0.2, 0.25) is 0 Å². The fraction of sp³-hybridized carbons (Fsp3) is 0.310. The lowest BCUT2D eigenvalue weighted by Gasteiger charge is -2.25. The molecule has 1 aliphatic rings. The van der Waals surface area contributed by atoms with Crippen molar-refractivity contribution >= 4 is 11.8 Å². The van der Waals surface area contributed by atoms with Crippen molar-refractivity contribution in [3.63, 3.8) is 0 Å². The van der Waals surface area contributed by atoms with Crippen LogP contribution in [0.25, 0.3) is 16.9 Å². The molecule has 2 amide bonds. The maximum atomic E-state index is 13.8. The minimum Gasteiger partial charge on any atom is -0.377 e. The number of hydrogen-bond acceptors (Lipinski definition) is 6. The van der Waals surface area contributed by atoms with Gasteiger partial charge in [-0.15, -0.1) is 0 Å². The van der Waals surface area contributed by atoms with E-state index >= 15 is 0 Å². The molecule has 1 fully saturated rings. The van der Waals surface area contributed by atoms with Crippen LogP contribution >= 0.6 is 0 Å². The lowest BCUT2D eigenvalue weighted by molar-refractivity contribution is 0.0788. The van der Waals surface area contributed by atoms with Crippen molar-refractivity contribution in [2.75, 3.05) is 25.5 Å². The van der Waals surface area contributed by atoms with E-state index in [1.54, 1.807) is 17.9 Å². The van der Waals surface area contributed by atoms with Crippen LogP contribution in [0, 0.1) is 24.5 Å². The highest BCUT2D eigenvalue weighted by molar-refractivity contribution is 5.91. The van der Waals surface area contributed by atoms with Crippen LogP contribution in [-0.2, 0) is 11.8 Å². The second-order valence-electron chi connectivity index (χ2n) is 10.1. The second kappa shape index (κ2) is 12.0. The molecule has 3 heterocycles. The minimum absolute atomic E-state index is 0.0220.